The fourth-order valence-electron chi connectivity index (χ4n) is 4.30. The van der Waals surface area contributed by atoms with Crippen molar-refractivity contribution >= 4 is 18.4 Å². The van der Waals surface area contributed by atoms with Crippen molar-refractivity contribution in [2.75, 3.05) is 13.1 Å². The van der Waals surface area contributed by atoms with Gasteiger partial charge in [-0.2, -0.15) is 0 Å². The summed E-state index contributed by atoms with van der Waals surface area (Å²) in [5.41, 5.74) is 7.75. The zero-order valence-corrected chi connectivity index (χ0v) is 23.6. The van der Waals surface area contributed by atoms with Gasteiger partial charge in [0.05, 0.1) is 29.8 Å². The van der Waals surface area contributed by atoms with E-state index in [2.05, 4.69) is 96.4 Å². The monoisotopic (exact) mass is 510 g/mol. The number of allylic oxidation sites excluding steroid dienone is 1. The Morgan fingerprint density at radius 1 is 1.08 bits per heavy atom. The average Bonchev–Trinajstić information content (AvgIpc) is 2.90. The van der Waals surface area contributed by atoms with Crippen LogP contribution in [0.4, 0.5) is 0 Å². The van der Waals surface area contributed by atoms with E-state index >= 15 is 0 Å². The van der Waals surface area contributed by atoms with Gasteiger partial charge in [-0.15, -0.1) is 0 Å². The number of unbranched alkanes of at least 4 members (excludes halogenated alkanes) is 1. The molecule has 3 rings (SSSR count). The lowest BCUT2D eigenvalue weighted by atomic mass is 10.0. The number of nitrogens with zero attached hydrogens (tertiary/aromatic N) is 4. The van der Waals surface area contributed by atoms with E-state index in [1.165, 1.54) is 5.56 Å². The Balaban J connectivity index is 2.25. The smallest absolute Gasteiger partial charge is 0.140 e. The van der Waals surface area contributed by atoms with Gasteiger partial charge in [0.1, 0.15) is 5.49 Å². The van der Waals surface area contributed by atoms with Crippen LogP contribution in [0.1, 0.15) is 61.3 Å². The maximum Gasteiger partial charge on any atom is 0.140 e. The van der Waals surface area contributed by atoms with E-state index < -0.39 is 0 Å². The summed E-state index contributed by atoms with van der Waals surface area (Å²) in [6.07, 6.45) is 12.9. The van der Waals surface area contributed by atoms with E-state index in [9.17, 15) is 0 Å². The average molecular weight is 511 g/mol. The highest BCUT2D eigenvalue weighted by atomic mass is 15.0. The van der Waals surface area contributed by atoms with Crippen LogP contribution in [0.2, 0.25) is 0 Å². The quantitative estimate of drug-likeness (QED) is 0.356. The lowest BCUT2D eigenvalue weighted by molar-refractivity contribution is 0.759. The molecular weight excluding hydrogens is 468 g/mol. The minimum atomic E-state index is 0.526. The van der Waals surface area contributed by atoms with Crippen molar-refractivity contribution in [1.29, 1.82) is 0 Å². The highest BCUT2D eigenvalue weighted by Crippen LogP contribution is 2.17. The molecule has 0 saturated heterocycles. The van der Waals surface area contributed by atoms with Gasteiger partial charge in [0.2, 0.25) is 0 Å². The molecule has 0 spiro atoms. The van der Waals surface area contributed by atoms with Crippen molar-refractivity contribution in [2.45, 2.75) is 60.4 Å². The van der Waals surface area contributed by atoms with Gasteiger partial charge in [0.25, 0.3) is 0 Å². The first kappa shape index (κ1) is 28.6. The lowest BCUT2D eigenvalue weighted by Gasteiger charge is -2.21. The van der Waals surface area contributed by atoms with E-state index in [1.807, 2.05) is 19.2 Å². The molecule has 2 aromatic heterocycles. The molecule has 38 heavy (non-hydrogen) atoms. The number of pyridine rings is 1. The van der Waals surface area contributed by atoms with Crippen LogP contribution >= 0.6 is 0 Å². The molecule has 0 amide bonds. The SMILES string of the molecule is C=C(NCc1cnc(C)cn1)c1c(C)n(-c2ccccc2C)c(=N/CCCC)/c(=C\C=C\NCCC)c1=C. The highest BCUT2D eigenvalue weighted by molar-refractivity contribution is 5.66. The number of nitrogens with one attached hydrogen (secondary N) is 2. The van der Waals surface area contributed by atoms with E-state index in [4.69, 9.17) is 4.99 Å². The van der Waals surface area contributed by atoms with Crippen molar-refractivity contribution < 1.29 is 0 Å². The maximum absolute atomic E-state index is 5.12. The second-order valence-corrected chi connectivity index (χ2v) is 9.49. The topological polar surface area (TPSA) is 67.1 Å². The summed E-state index contributed by atoms with van der Waals surface area (Å²) >= 11 is 0. The molecule has 0 radical (unpaired) electrons. The summed E-state index contributed by atoms with van der Waals surface area (Å²) in [5.74, 6) is 0. The third kappa shape index (κ3) is 7.09. The Hall–Kier alpha value is -3.93. The van der Waals surface area contributed by atoms with Gasteiger partial charge in [0.15, 0.2) is 0 Å². The predicted molar refractivity (Wildman–Crippen MR) is 160 cm³/mol. The molecule has 200 valence electrons. The van der Waals surface area contributed by atoms with Gasteiger partial charge in [-0.3, -0.25) is 19.5 Å². The Bertz CT molecular complexity index is 1440. The standard InChI is InChI=1S/C32H42N6/c1-8-10-19-34-32-29(15-13-18-33-17-9-2)25(5)31(26(6)36-22-28-21-35-24(4)20-37-28)27(7)38(32)30-16-12-11-14-23(30)3/h11-16,18,20-21,33,36H,5-6,8-10,17,19,22H2,1-4,7H3/b18-13+,29-15-,34-32+. The Morgan fingerprint density at radius 3 is 2.55 bits per heavy atom. The van der Waals surface area contributed by atoms with Crippen LogP contribution in [0.3, 0.4) is 0 Å². The number of aromatic nitrogens is 3. The van der Waals surface area contributed by atoms with Crippen molar-refractivity contribution in [3.05, 3.63) is 99.6 Å². The third-order valence-electron chi connectivity index (χ3n) is 6.40. The Labute approximate surface area is 227 Å². The molecule has 0 atom stereocenters. The summed E-state index contributed by atoms with van der Waals surface area (Å²) in [4.78, 5) is 14.0. The summed E-state index contributed by atoms with van der Waals surface area (Å²) in [6, 6.07) is 8.42. The second-order valence-electron chi connectivity index (χ2n) is 9.49. The summed E-state index contributed by atoms with van der Waals surface area (Å²) in [7, 11) is 0. The number of hydrogen-bond acceptors (Lipinski definition) is 5. The van der Waals surface area contributed by atoms with Crippen LogP contribution in [0, 0.1) is 20.8 Å². The summed E-state index contributed by atoms with van der Waals surface area (Å²) < 4.78 is 2.26. The molecule has 0 aliphatic carbocycles. The van der Waals surface area contributed by atoms with Crippen molar-refractivity contribution in [2.24, 2.45) is 4.99 Å². The van der Waals surface area contributed by atoms with Gasteiger partial charge in [0, 0.05) is 41.5 Å². The molecule has 0 saturated carbocycles. The molecule has 3 aromatic rings. The molecular formula is C32H42N6. The van der Waals surface area contributed by atoms with E-state index in [0.717, 1.165) is 82.3 Å². The van der Waals surface area contributed by atoms with Crippen LogP contribution in [-0.2, 0) is 6.54 Å². The molecule has 0 aliphatic rings. The van der Waals surface area contributed by atoms with Crippen LogP contribution in [0.15, 0.2) is 60.5 Å². The van der Waals surface area contributed by atoms with Crippen LogP contribution in [0.25, 0.3) is 24.0 Å². The normalized spacial score (nSPS) is 12.3. The summed E-state index contributed by atoms with van der Waals surface area (Å²) in [5, 5.41) is 8.68. The minimum absolute atomic E-state index is 0.526. The van der Waals surface area contributed by atoms with Crippen molar-refractivity contribution in [3.8, 4) is 5.69 Å². The largest absolute Gasteiger partial charge is 0.391 e. The van der Waals surface area contributed by atoms with Gasteiger partial charge in [-0.1, -0.05) is 51.6 Å². The number of aryl methyl sites for hydroxylation is 2. The number of hydrogen-bond donors (Lipinski definition) is 2. The summed E-state index contributed by atoms with van der Waals surface area (Å²) in [6.45, 7) is 21.7. The van der Waals surface area contributed by atoms with Crippen molar-refractivity contribution in [3.63, 3.8) is 0 Å². The molecule has 2 N–H and O–H groups in total. The van der Waals surface area contributed by atoms with E-state index in [1.54, 1.807) is 12.4 Å². The highest BCUT2D eigenvalue weighted by Gasteiger charge is 2.15. The first-order valence-corrected chi connectivity index (χ1v) is 13.5. The van der Waals surface area contributed by atoms with Crippen LogP contribution in [-0.4, -0.2) is 27.6 Å². The minimum Gasteiger partial charge on any atom is -0.391 e. The number of para-hydroxylation sites is 1. The predicted octanol–water partition coefficient (Wildman–Crippen LogP) is 4.36. The molecule has 2 heterocycles. The second kappa shape index (κ2) is 14.1. The molecule has 0 bridgehead atoms. The number of rotatable bonds is 12. The fourth-order valence-corrected chi connectivity index (χ4v) is 4.30. The zero-order valence-electron chi connectivity index (χ0n) is 23.6. The number of benzene rings is 1. The Morgan fingerprint density at radius 2 is 1.87 bits per heavy atom. The molecule has 0 unspecified atom stereocenters. The first-order chi connectivity index (χ1) is 18.4. The maximum atomic E-state index is 5.12. The first-order valence-electron chi connectivity index (χ1n) is 13.5. The van der Waals surface area contributed by atoms with Crippen molar-refractivity contribution in [1.82, 2.24) is 25.2 Å². The molecule has 0 fully saturated rings. The van der Waals surface area contributed by atoms with E-state index in [-0.39, 0.29) is 0 Å². The molecule has 1 aromatic carbocycles. The van der Waals surface area contributed by atoms with E-state index in [0.29, 0.717) is 6.54 Å². The Kier molecular flexibility index (Phi) is 10.6. The van der Waals surface area contributed by atoms with Gasteiger partial charge < -0.3 is 10.6 Å². The van der Waals surface area contributed by atoms with Crippen LogP contribution in [0.5, 0.6) is 0 Å². The van der Waals surface area contributed by atoms with Gasteiger partial charge in [-0.25, -0.2) is 0 Å². The molecule has 6 nitrogen and oxygen atoms in total. The fraction of sp³-hybridized carbons (Fsp3) is 0.344. The van der Waals surface area contributed by atoms with Crippen LogP contribution < -0.4 is 26.6 Å². The lowest BCUT2D eigenvalue weighted by Crippen LogP contribution is -2.48. The molecule has 6 heteroatoms. The van der Waals surface area contributed by atoms with Gasteiger partial charge >= 0.3 is 0 Å². The molecule has 0 aliphatic heterocycles. The zero-order chi connectivity index (χ0) is 27.5. The van der Waals surface area contributed by atoms with Gasteiger partial charge in [-0.05, 0) is 68.8 Å². The third-order valence-corrected chi connectivity index (χ3v) is 6.40.